The molecule has 11 atom stereocenters. The molecular weight excluding hydrogens is 492 g/mol. The Morgan fingerprint density at radius 1 is 1.18 bits per heavy atom. The van der Waals surface area contributed by atoms with Crippen LogP contribution in [0.2, 0.25) is 0 Å². The number of ketones is 1. The van der Waals surface area contributed by atoms with E-state index in [1.54, 1.807) is 13.0 Å². The van der Waals surface area contributed by atoms with Crippen molar-refractivity contribution < 1.29 is 43.5 Å². The van der Waals surface area contributed by atoms with E-state index < -0.39 is 34.6 Å². The SMILES string of the molecule is CC1=C/C(=C/[C@H](C)[C@H]2[C@@H]3[C@@]2(C)CC[C@@]24C[C@@]56OC(=O)C[C@@H]5O[C@](C)(CO)[C@H]6CC[C@@H]2C(=O)[C@]3(O)O4)OC1=O. The molecule has 38 heavy (non-hydrogen) atoms. The third-order valence-corrected chi connectivity index (χ3v) is 11.4. The number of aliphatic hydroxyl groups is 2. The summed E-state index contributed by atoms with van der Waals surface area (Å²) in [5.74, 6) is -3.63. The smallest absolute Gasteiger partial charge is 0.339 e. The molecule has 0 aromatic carbocycles. The van der Waals surface area contributed by atoms with Crippen molar-refractivity contribution in [1.82, 2.24) is 0 Å². The van der Waals surface area contributed by atoms with E-state index in [0.29, 0.717) is 30.6 Å². The molecule has 0 aromatic rings. The van der Waals surface area contributed by atoms with E-state index in [9.17, 15) is 24.6 Å². The topological polar surface area (TPSA) is 129 Å². The molecule has 2 bridgehead atoms. The number of esters is 2. The maximum atomic E-state index is 14.1. The number of rotatable bonds is 3. The largest absolute Gasteiger partial charge is 0.456 e. The summed E-state index contributed by atoms with van der Waals surface area (Å²) in [6, 6.07) is 0. The number of carbonyl (C=O) groups is 3. The van der Waals surface area contributed by atoms with Crippen molar-refractivity contribution in [3.63, 3.8) is 0 Å². The van der Waals surface area contributed by atoms with Gasteiger partial charge in [0.2, 0.25) is 5.79 Å². The van der Waals surface area contributed by atoms with Gasteiger partial charge in [0.05, 0.1) is 30.1 Å². The predicted octanol–water partition coefficient (Wildman–Crippen LogP) is 2.33. The van der Waals surface area contributed by atoms with Gasteiger partial charge in [0.15, 0.2) is 5.78 Å². The van der Waals surface area contributed by atoms with Crippen LogP contribution in [0.5, 0.6) is 0 Å². The fraction of sp³-hybridized carbons (Fsp3) is 0.759. The molecule has 6 fully saturated rings. The number of ether oxygens (including phenoxy) is 4. The molecule has 5 aliphatic heterocycles. The summed E-state index contributed by atoms with van der Waals surface area (Å²) in [6.07, 6.45) is 5.81. The number of Topliss-reactive ketones (excluding diaryl/α,β-unsaturated/α-hetero) is 1. The molecule has 5 heterocycles. The van der Waals surface area contributed by atoms with Crippen LogP contribution in [-0.4, -0.2) is 63.2 Å². The normalized spacial score (nSPS) is 54.3. The Bertz CT molecular complexity index is 1220. The van der Waals surface area contributed by atoms with Gasteiger partial charge >= 0.3 is 11.9 Å². The Morgan fingerprint density at radius 2 is 1.95 bits per heavy atom. The summed E-state index contributed by atoms with van der Waals surface area (Å²) in [5, 5.41) is 22.3. The van der Waals surface area contributed by atoms with Gasteiger partial charge < -0.3 is 29.2 Å². The zero-order valence-corrected chi connectivity index (χ0v) is 22.3. The Balaban J connectivity index is 1.23. The predicted molar refractivity (Wildman–Crippen MR) is 130 cm³/mol. The lowest BCUT2D eigenvalue weighted by atomic mass is 9.69. The molecular formula is C29H36O9. The first-order valence-corrected chi connectivity index (χ1v) is 13.9. The molecule has 206 valence electrons. The zero-order valence-electron chi connectivity index (χ0n) is 22.3. The average molecular weight is 529 g/mol. The second kappa shape index (κ2) is 7.36. The highest BCUT2D eigenvalue weighted by molar-refractivity contribution is 5.93. The van der Waals surface area contributed by atoms with Gasteiger partial charge in [-0.25, -0.2) is 4.79 Å². The van der Waals surface area contributed by atoms with Gasteiger partial charge in [-0.3, -0.25) is 9.59 Å². The van der Waals surface area contributed by atoms with Crippen molar-refractivity contribution in [2.45, 2.75) is 94.9 Å². The number of cyclic esters (lactones) is 1. The summed E-state index contributed by atoms with van der Waals surface area (Å²) in [7, 11) is 0. The van der Waals surface area contributed by atoms with Gasteiger partial charge in [-0.2, -0.15) is 0 Å². The lowest BCUT2D eigenvalue weighted by molar-refractivity contribution is -0.243. The molecule has 7 rings (SSSR count). The van der Waals surface area contributed by atoms with Crippen molar-refractivity contribution in [2.75, 3.05) is 6.61 Å². The van der Waals surface area contributed by atoms with Crippen molar-refractivity contribution in [3.05, 3.63) is 23.5 Å². The molecule has 0 amide bonds. The number of allylic oxidation sites excluding steroid dienone is 2. The van der Waals surface area contributed by atoms with E-state index >= 15 is 0 Å². The maximum absolute atomic E-state index is 14.1. The monoisotopic (exact) mass is 528 g/mol. The van der Waals surface area contributed by atoms with Crippen molar-refractivity contribution in [3.8, 4) is 0 Å². The second-order valence-electron chi connectivity index (χ2n) is 13.5. The molecule has 0 aromatic heterocycles. The average Bonchev–Trinajstić information content (AvgIpc) is 3.06. The van der Waals surface area contributed by atoms with Crippen LogP contribution in [0.25, 0.3) is 0 Å². The first kappa shape index (κ1) is 24.9. The highest BCUT2D eigenvalue weighted by atomic mass is 16.7. The van der Waals surface area contributed by atoms with E-state index in [1.807, 2.05) is 19.9 Å². The molecule has 2 N–H and O–H groups in total. The first-order chi connectivity index (χ1) is 17.8. The molecule has 0 radical (unpaired) electrons. The summed E-state index contributed by atoms with van der Waals surface area (Å²) in [5.41, 5.74) is -2.61. The second-order valence-corrected chi connectivity index (χ2v) is 13.5. The van der Waals surface area contributed by atoms with Gasteiger partial charge in [-0.1, -0.05) is 13.8 Å². The summed E-state index contributed by atoms with van der Waals surface area (Å²) < 4.78 is 24.3. The first-order valence-electron chi connectivity index (χ1n) is 13.9. The van der Waals surface area contributed by atoms with Gasteiger partial charge in [0.1, 0.15) is 17.5 Å². The Kier molecular flexibility index (Phi) is 4.83. The zero-order chi connectivity index (χ0) is 27.0. The number of hydrogen-bond acceptors (Lipinski definition) is 9. The van der Waals surface area contributed by atoms with Crippen molar-refractivity contribution in [1.29, 1.82) is 0 Å². The number of fused-ring (bicyclic) bond motifs is 3. The molecule has 2 aliphatic carbocycles. The Morgan fingerprint density at radius 3 is 2.63 bits per heavy atom. The van der Waals surface area contributed by atoms with Crippen LogP contribution in [0.4, 0.5) is 0 Å². The molecule has 4 saturated heterocycles. The maximum Gasteiger partial charge on any atom is 0.339 e. The number of hydrogen-bond donors (Lipinski definition) is 2. The minimum Gasteiger partial charge on any atom is -0.456 e. The third kappa shape index (κ3) is 2.89. The molecule has 9 nitrogen and oxygen atoms in total. The highest BCUT2D eigenvalue weighted by Gasteiger charge is 2.82. The third-order valence-electron chi connectivity index (χ3n) is 11.4. The standard InChI is InChI=1S/C29H36O9/c1-14(9-16-10-15(2)24(33)35-16)21-22-25(21,3)7-8-27-12-28-18(6-5-17(27)23(32)29(22,34)38-27)26(4,13-30)36-19(28)11-20(31)37-28/h9-10,14,17-19,21-22,30,34H,5-8,11-13H2,1-4H3/b16-9-/t14-,17+,18+,19-,21-,22+,25-,26+,27+,28-,29+/m0/s1. The lowest BCUT2D eigenvalue weighted by Gasteiger charge is -2.41. The van der Waals surface area contributed by atoms with E-state index in [4.69, 9.17) is 18.9 Å². The van der Waals surface area contributed by atoms with Crippen molar-refractivity contribution in [2.24, 2.45) is 35.0 Å². The van der Waals surface area contributed by atoms with Crippen LogP contribution >= 0.6 is 0 Å². The molecule has 0 unspecified atom stereocenters. The fourth-order valence-electron chi connectivity index (χ4n) is 9.71. The molecule has 7 aliphatic rings. The summed E-state index contributed by atoms with van der Waals surface area (Å²) >= 11 is 0. The van der Waals surface area contributed by atoms with Crippen LogP contribution in [0.1, 0.15) is 66.2 Å². The van der Waals surface area contributed by atoms with Crippen LogP contribution in [0, 0.1) is 35.0 Å². The van der Waals surface area contributed by atoms with E-state index in [2.05, 4.69) is 6.92 Å². The van der Waals surface area contributed by atoms with Gasteiger partial charge in [-0.15, -0.1) is 0 Å². The minimum absolute atomic E-state index is 0.0212. The van der Waals surface area contributed by atoms with Crippen LogP contribution in [0.3, 0.4) is 0 Å². The molecule has 2 saturated carbocycles. The Labute approximate surface area is 221 Å². The van der Waals surface area contributed by atoms with E-state index in [-0.39, 0.29) is 66.3 Å². The quantitative estimate of drug-likeness (QED) is 0.530. The minimum atomic E-state index is -1.92. The Hall–Kier alpha value is -2.07. The highest BCUT2D eigenvalue weighted by Crippen LogP contribution is 2.75. The van der Waals surface area contributed by atoms with Gasteiger partial charge in [0, 0.05) is 23.8 Å². The van der Waals surface area contributed by atoms with E-state index in [0.717, 1.165) is 6.42 Å². The summed E-state index contributed by atoms with van der Waals surface area (Å²) in [4.78, 5) is 38.4. The lowest BCUT2D eigenvalue weighted by Crippen LogP contribution is -2.52. The number of carbonyl (C=O) groups excluding carboxylic acids is 3. The van der Waals surface area contributed by atoms with Crippen molar-refractivity contribution >= 4 is 17.7 Å². The summed E-state index contributed by atoms with van der Waals surface area (Å²) in [6.45, 7) is 7.50. The fourth-order valence-corrected chi connectivity index (χ4v) is 9.71. The van der Waals surface area contributed by atoms with Crippen LogP contribution < -0.4 is 0 Å². The van der Waals surface area contributed by atoms with Gasteiger partial charge in [0.25, 0.3) is 0 Å². The van der Waals surface area contributed by atoms with Crippen LogP contribution in [-0.2, 0) is 33.3 Å². The van der Waals surface area contributed by atoms with E-state index in [1.165, 1.54) is 0 Å². The van der Waals surface area contributed by atoms with Gasteiger partial charge in [-0.05, 0) is 68.9 Å². The number of aliphatic hydroxyl groups excluding tert-OH is 1. The van der Waals surface area contributed by atoms with Crippen LogP contribution in [0.15, 0.2) is 23.5 Å². The molecule has 2 spiro atoms. The molecule has 9 heteroatoms.